The molecule has 1 rings (SSSR count). The maximum absolute atomic E-state index is 11.8. The highest BCUT2D eigenvalue weighted by Crippen LogP contribution is 2.01. The Bertz CT molecular complexity index is 509. The van der Waals surface area contributed by atoms with Gasteiger partial charge in [-0.25, -0.2) is 13.1 Å². The number of ether oxygens (including phenoxy) is 1. The van der Waals surface area contributed by atoms with E-state index in [4.69, 9.17) is 4.74 Å². The molecule has 2 N–H and O–H groups in total. The van der Waals surface area contributed by atoms with Crippen molar-refractivity contribution in [3.8, 4) is 0 Å². The molecule has 0 radical (unpaired) electrons. The van der Waals surface area contributed by atoms with Crippen LogP contribution in [0.3, 0.4) is 0 Å². The molecule has 1 unspecified atom stereocenters. The molecule has 1 heterocycles. The van der Waals surface area contributed by atoms with Crippen molar-refractivity contribution in [3.05, 3.63) is 28.7 Å². The molecule has 0 aromatic carbocycles. The quantitative estimate of drug-likeness (QED) is 0.749. The van der Waals surface area contributed by atoms with Crippen molar-refractivity contribution in [2.24, 2.45) is 5.92 Å². The third-order valence-electron chi connectivity index (χ3n) is 2.15. The molecule has 0 spiro atoms. The molecule has 0 saturated carbocycles. The van der Waals surface area contributed by atoms with Crippen LogP contribution in [0.15, 0.2) is 28.2 Å². The fraction of sp³-hybridized carbons (Fsp3) is 0.500. The number of methoxy groups -OCH3 is 1. The van der Waals surface area contributed by atoms with Crippen molar-refractivity contribution in [1.82, 2.24) is 9.71 Å². The lowest BCUT2D eigenvalue weighted by atomic mass is 10.2. The first kappa shape index (κ1) is 13.9. The third-order valence-corrected chi connectivity index (χ3v) is 3.60. The second-order valence-electron chi connectivity index (χ2n) is 3.79. The number of aromatic nitrogens is 1. The Balaban J connectivity index is 2.77. The van der Waals surface area contributed by atoms with E-state index in [-0.39, 0.29) is 17.4 Å². The van der Waals surface area contributed by atoms with Gasteiger partial charge >= 0.3 is 0 Å². The van der Waals surface area contributed by atoms with E-state index in [9.17, 15) is 13.2 Å². The van der Waals surface area contributed by atoms with Crippen LogP contribution in [0.25, 0.3) is 0 Å². The number of rotatable bonds is 6. The van der Waals surface area contributed by atoms with Crippen molar-refractivity contribution in [2.45, 2.75) is 11.8 Å². The number of hydrogen-bond donors (Lipinski definition) is 2. The Hall–Kier alpha value is -1.18. The Morgan fingerprint density at radius 3 is 2.82 bits per heavy atom. The summed E-state index contributed by atoms with van der Waals surface area (Å²) in [5.74, 6) is 0.0394. The molecule has 7 heteroatoms. The van der Waals surface area contributed by atoms with Gasteiger partial charge in [-0.2, -0.15) is 0 Å². The first-order valence-corrected chi connectivity index (χ1v) is 6.61. The molecule has 0 fully saturated rings. The number of pyridine rings is 1. The summed E-state index contributed by atoms with van der Waals surface area (Å²) in [7, 11) is -2.21. The van der Waals surface area contributed by atoms with Crippen LogP contribution in [0.5, 0.6) is 0 Å². The summed E-state index contributed by atoms with van der Waals surface area (Å²) in [5, 5.41) is 0. The van der Waals surface area contributed by atoms with Crippen molar-refractivity contribution >= 4 is 10.0 Å². The van der Waals surface area contributed by atoms with Gasteiger partial charge in [0.15, 0.2) is 0 Å². The fourth-order valence-corrected chi connectivity index (χ4v) is 2.50. The minimum atomic E-state index is -3.75. The second-order valence-corrected chi connectivity index (χ2v) is 5.52. The second kappa shape index (κ2) is 5.95. The van der Waals surface area contributed by atoms with Crippen LogP contribution in [0, 0.1) is 5.92 Å². The lowest BCUT2D eigenvalue weighted by Gasteiger charge is -2.11. The summed E-state index contributed by atoms with van der Waals surface area (Å²) in [6.45, 7) is 2.53. The van der Waals surface area contributed by atoms with E-state index in [1.54, 1.807) is 7.11 Å². The van der Waals surface area contributed by atoms with Gasteiger partial charge in [-0.05, 0) is 5.92 Å². The number of nitrogens with one attached hydrogen (secondary N) is 2. The Morgan fingerprint density at radius 2 is 2.24 bits per heavy atom. The number of aromatic amines is 1. The predicted octanol–water partition coefficient (Wildman–Crippen LogP) is -0.0643. The van der Waals surface area contributed by atoms with Gasteiger partial charge in [0.25, 0.3) is 0 Å². The minimum Gasteiger partial charge on any atom is -0.384 e. The van der Waals surface area contributed by atoms with Crippen molar-refractivity contribution < 1.29 is 13.2 Å². The van der Waals surface area contributed by atoms with Gasteiger partial charge in [-0.3, -0.25) is 4.79 Å². The SMILES string of the molecule is COCC(C)CNS(=O)(=O)c1c[nH]ccc1=O. The highest BCUT2D eigenvalue weighted by Gasteiger charge is 2.18. The Morgan fingerprint density at radius 1 is 1.53 bits per heavy atom. The molecule has 1 aromatic heterocycles. The van der Waals surface area contributed by atoms with Crippen LogP contribution in [-0.2, 0) is 14.8 Å². The number of H-pyrrole nitrogens is 1. The summed E-state index contributed by atoms with van der Waals surface area (Å²) < 4.78 is 30.8. The molecular weight excluding hydrogens is 244 g/mol. The maximum Gasteiger partial charge on any atom is 0.245 e. The van der Waals surface area contributed by atoms with Crippen LogP contribution in [-0.4, -0.2) is 33.7 Å². The normalized spacial score (nSPS) is 13.5. The number of hydrogen-bond acceptors (Lipinski definition) is 4. The largest absolute Gasteiger partial charge is 0.384 e. The van der Waals surface area contributed by atoms with Crippen LogP contribution < -0.4 is 10.2 Å². The van der Waals surface area contributed by atoms with Gasteiger partial charge in [0, 0.05) is 38.7 Å². The molecule has 6 nitrogen and oxygen atoms in total. The smallest absolute Gasteiger partial charge is 0.245 e. The summed E-state index contributed by atoms with van der Waals surface area (Å²) in [6, 6.07) is 1.17. The van der Waals surface area contributed by atoms with Crippen LogP contribution in [0.1, 0.15) is 6.92 Å². The van der Waals surface area contributed by atoms with E-state index in [1.165, 1.54) is 18.5 Å². The molecule has 0 aliphatic rings. The standard InChI is InChI=1S/C10H16N2O4S/c1-8(7-16-2)5-12-17(14,15)10-6-11-4-3-9(10)13/h3-4,6,8,12H,5,7H2,1-2H3,(H,11,13). The van der Waals surface area contributed by atoms with E-state index in [1.807, 2.05) is 6.92 Å². The number of sulfonamides is 1. The zero-order valence-electron chi connectivity index (χ0n) is 9.76. The van der Waals surface area contributed by atoms with Crippen molar-refractivity contribution in [3.63, 3.8) is 0 Å². The average molecular weight is 260 g/mol. The maximum atomic E-state index is 11.8. The highest BCUT2D eigenvalue weighted by atomic mass is 32.2. The molecule has 0 amide bonds. The predicted molar refractivity (Wildman–Crippen MR) is 63.3 cm³/mol. The van der Waals surface area contributed by atoms with E-state index >= 15 is 0 Å². The van der Waals surface area contributed by atoms with E-state index in [2.05, 4.69) is 9.71 Å². The topological polar surface area (TPSA) is 88.3 Å². The van der Waals surface area contributed by atoms with Crippen LogP contribution in [0.4, 0.5) is 0 Å². The third kappa shape index (κ3) is 3.95. The van der Waals surface area contributed by atoms with E-state index in [0.717, 1.165) is 0 Å². The van der Waals surface area contributed by atoms with Gasteiger partial charge in [0.2, 0.25) is 15.5 Å². The molecular formula is C10H16N2O4S. The zero-order chi connectivity index (χ0) is 12.9. The molecule has 1 aromatic rings. The lowest BCUT2D eigenvalue weighted by molar-refractivity contribution is 0.161. The fourth-order valence-electron chi connectivity index (χ4n) is 1.28. The Kier molecular flexibility index (Phi) is 4.86. The molecule has 0 aliphatic heterocycles. The van der Waals surface area contributed by atoms with Gasteiger partial charge in [0.05, 0.1) is 0 Å². The Labute approximate surface area is 100 Å². The van der Waals surface area contributed by atoms with E-state index < -0.39 is 15.5 Å². The molecule has 1 atom stereocenters. The first-order chi connectivity index (χ1) is 7.97. The lowest BCUT2D eigenvalue weighted by Crippen LogP contribution is -2.32. The average Bonchev–Trinajstić information content (AvgIpc) is 2.27. The summed E-state index contributed by atoms with van der Waals surface area (Å²) in [6.07, 6.45) is 2.56. The molecule has 0 saturated heterocycles. The first-order valence-electron chi connectivity index (χ1n) is 5.13. The minimum absolute atomic E-state index is 0.0394. The highest BCUT2D eigenvalue weighted by molar-refractivity contribution is 7.89. The molecule has 0 aliphatic carbocycles. The summed E-state index contributed by atoms with van der Waals surface area (Å²) >= 11 is 0. The van der Waals surface area contributed by atoms with Crippen LogP contribution >= 0.6 is 0 Å². The van der Waals surface area contributed by atoms with Crippen molar-refractivity contribution in [1.29, 1.82) is 0 Å². The van der Waals surface area contributed by atoms with Crippen LogP contribution in [0.2, 0.25) is 0 Å². The molecule has 96 valence electrons. The monoisotopic (exact) mass is 260 g/mol. The van der Waals surface area contributed by atoms with Gasteiger partial charge in [-0.15, -0.1) is 0 Å². The van der Waals surface area contributed by atoms with Gasteiger partial charge in [-0.1, -0.05) is 6.92 Å². The van der Waals surface area contributed by atoms with Gasteiger partial charge < -0.3 is 9.72 Å². The molecule has 0 bridgehead atoms. The summed E-state index contributed by atoms with van der Waals surface area (Å²) in [4.78, 5) is 13.7. The zero-order valence-corrected chi connectivity index (χ0v) is 10.6. The molecule has 17 heavy (non-hydrogen) atoms. The van der Waals surface area contributed by atoms with Gasteiger partial charge in [0.1, 0.15) is 4.90 Å². The summed E-state index contributed by atoms with van der Waals surface area (Å²) in [5.41, 5.74) is -0.532. The van der Waals surface area contributed by atoms with Crippen molar-refractivity contribution in [2.75, 3.05) is 20.3 Å². The van der Waals surface area contributed by atoms with E-state index in [0.29, 0.717) is 6.61 Å².